The van der Waals surface area contributed by atoms with Gasteiger partial charge in [0.05, 0.1) is 0 Å². The van der Waals surface area contributed by atoms with Crippen molar-refractivity contribution in [1.82, 2.24) is 0 Å². The van der Waals surface area contributed by atoms with Crippen LogP contribution in [0.5, 0.6) is 0 Å². The molecule has 0 bridgehead atoms. The van der Waals surface area contributed by atoms with E-state index >= 15 is 0 Å². The number of nitrogens with one attached hydrogen (secondary N) is 1. The maximum atomic E-state index is 7.06. The summed E-state index contributed by atoms with van der Waals surface area (Å²) in [5, 5.41) is 7.06. The number of nitrogen functional groups attached to an aromatic ring is 1. The second-order valence-corrected chi connectivity index (χ2v) is 3.25. The first-order valence-electron chi connectivity index (χ1n) is 4.21. The zero-order valence-electron chi connectivity index (χ0n) is 8.19. The molecule has 0 amide bonds. The molecular weight excluding hydrogens is 228 g/mol. The van der Waals surface area contributed by atoms with Crippen LogP contribution in [0, 0.1) is 12.3 Å². The van der Waals surface area contributed by atoms with Crippen LogP contribution in [0.3, 0.4) is 0 Å². The summed E-state index contributed by atoms with van der Waals surface area (Å²) in [6.07, 6.45) is 1.25. The summed E-state index contributed by atoms with van der Waals surface area (Å²) in [6.45, 7) is 5.97. The standard InChI is InChI=1S/C8H9BrN2.C2H6/c1-5-2-7(9)6(4-10)8(11)3-5;1-2/h2-4,10H,11H2,1H3;1-2H3. The summed E-state index contributed by atoms with van der Waals surface area (Å²) >= 11 is 3.33. The van der Waals surface area contributed by atoms with Gasteiger partial charge in [-0.25, -0.2) is 0 Å². The van der Waals surface area contributed by atoms with Gasteiger partial charge in [-0.05, 0) is 24.6 Å². The molecule has 0 aromatic heterocycles. The van der Waals surface area contributed by atoms with Gasteiger partial charge in [-0.2, -0.15) is 0 Å². The van der Waals surface area contributed by atoms with Crippen LogP contribution in [-0.2, 0) is 0 Å². The van der Waals surface area contributed by atoms with E-state index in [1.807, 2.05) is 32.9 Å². The van der Waals surface area contributed by atoms with Gasteiger partial charge in [-0.15, -0.1) is 0 Å². The molecule has 2 nitrogen and oxygen atoms in total. The minimum atomic E-state index is 0.645. The first kappa shape index (κ1) is 12.2. The number of aryl methyl sites for hydroxylation is 1. The molecule has 1 aromatic rings. The molecule has 0 saturated heterocycles. The van der Waals surface area contributed by atoms with Gasteiger partial charge in [0.1, 0.15) is 0 Å². The van der Waals surface area contributed by atoms with Gasteiger partial charge in [0.25, 0.3) is 0 Å². The molecule has 3 N–H and O–H groups in total. The molecule has 1 rings (SSSR count). The molecule has 0 atom stereocenters. The Morgan fingerprint density at radius 2 is 1.92 bits per heavy atom. The van der Waals surface area contributed by atoms with Crippen LogP contribution in [0.1, 0.15) is 25.0 Å². The van der Waals surface area contributed by atoms with Crippen molar-refractivity contribution < 1.29 is 0 Å². The van der Waals surface area contributed by atoms with Crippen LogP contribution in [-0.4, -0.2) is 6.21 Å². The Morgan fingerprint density at radius 1 is 1.38 bits per heavy atom. The lowest BCUT2D eigenvalue weighted by Gasteiger charge is -2.03. The van der Waals surface area contributed by atoms with Gasteiger partial charge in [-0.3, -0.25) is 0 Å². The molecule has 0 spiro atoms. The Hall–Kier alpha value is -0.830. The molecule has 0 aliphatic carbocycles. The second-order valence-electron chi connectivity index (χ2n) is 2.39. The molecule has 72 valence electrons. The third-order valence-electron chi connectivity index (χ3n) is 1.45. The van der Waals surface area contributed by atoms with Crippen molar-refractivity contribution in [3.63, 3.8) is 0 Å². The van der Waals surface area contributed by atoms with Crippen LogP contribution in [0.2, 0.25) is 0 Å². The molecule has 0 unspecified atom stereocenters. The van der Waals surface area contributed by atoms with Gasteiger partial charge in [0.2, 0.25) is 0 Å². The number of benzene rings is 1. The highest BCUT2D eigenvalue weighted by Gasteiger charge is 2.01. The van der Waals surface area contributed by atoms with Crippen molar-refractivity contribution >= 4 is 27.8 Å². The predicted octanol–water partition coefficient (Wildman–Crippen LogP) is 3.36. The Kier molecular flexibility index (Phi) is 5.39. The number of rotatable bonds is 1. The lowest BCUT2D eigenvalue weighted by Crippen LogP contribution is -1.94. The Labute approximate surface area is 87.8 Å². The number of halogens is 1. The van der Waals surface area contributed by atoms with E-state index in [0.29, 0.717) is 5.69 Å². The predicted molar refractivity (Wildman–Crippen MR) is 62.5 cm³/mol. The third-order valence-corrected chi connectivity index (χ3v) is 2.11. The van der Waals surface area contributed by atoms with E-state index in [4.69, 9.17) is 11.1 Å². The fourth-order valence-corrected chi connectivity index (χ4v) is 1.64. The lowest BCUT2D eigenvalue weighted by atomic mass is 10.1. The quantitative estimate of drug-likeness (QED) is 0.576. The van der Waals surface area contributed by atoms with E-state index in [0.717, 1.165) is 15.6 Å². The summed E-state index contributed by atoms with van der Waals surface area (Å²) in [5.41, 5.74) is 8.14. The van der Waals surface area contributed by atoms with Crippen LogP contribution in [0.25, 0.3) is 0 Å². The van der Waals surface area contributed by atoms with Gasteiger partial charge in [0.15, 0.2) is 0 Å². The van der Waals surface area contributed by atoms with E-state index < -0.39 is 0 Å². The highest BCUT2D eigenvalue weighted by molar-refractivity contribution is 9.10. The van der Waals surface area contributed by atoms with E-state index in [2.05, 4.69) is 15.9 Å². The highest BCUT2D eigenvalue weighted by atomic mass is 79.9. The molecule has 0 aliphatic heterocycles. The fraction of sp³-hybridized carbons (Fsp3) is 0.300. The largest absolute Gasteiger partial charge is 0.398 e. The maximum Gasteiger partial charge on any atom is 0.0417 e. The normalized spacial score (nSPS) is 8.62. The molecule has 0 fully saturated rings. The van der Waals surface area contributed by atoms with Crippen molar-refractivity contribution in [2.75, 3.05) is 5.73 Å². The minimum absolute atomic E-state index is 0.645. The van der Waals surface area contributed by atoms with E-state index in [9.17, 15) is 0 Å². The molecule has 1 aromatic carbocycles. The zero-order valence-corrected chi connectivity index (χ0v) is 9.77. The van der Waals surface area contributed by atoms with Crippen molar-refractivity contribution in [3.8, 4) is 0 Å². The topological polar surface area (TPSA) is 49.9 Å². The smallest absolute Gasteiger partial charge is 0.0417 e. The average Bonchev–Trinajstić information content (AvgIpc) is 2.07. The number of hydrogen-bond acceptors (Lipinski definition) is 2. The molecular formula is C10H15BrN2. The Bertz CT molecular complexity index is 272. The van der Waals surface area contributed by atoms with Crippen LogP contribution < -0.4 is 5.73 Å². The first-order chi connectivity index (χ1) is 6.15. The van der Waals surface area contributed by atoms with E-state index in [1.165, 1.54) is 6.21 Å². The summed E-state index contributed by atoms with van der Waals surface area (Å²) in [7, 11) is 0. The van der Waals surface area contributed by atoms with Crippen LogP contribution in [0.15, 0.2) is 16.6 Å². The van der Waals surface area contributed by atoms with Crippen LogP contribution in [0.4, 0.5) is 5.69 Å². The lowest BCUT2D eigenvalue weighted by molar-refractivity contribution is 1.43. The van der Waals surface area contributed by atoms with Gasteiger partial charge < -0.3 is 11.1 Å². The van der Waals surface area contributed by atoms with E-state index in [1.54, 1.807) is 0 Å². The molecule has 0 saturated carbocycles. The molecule has 0 aliphatic rings. The second kappa shape index (κ2) is 5.75. The zero-order chi connectivity index (χ0) is 10.4. The summed E-state index contributed by atoms with van der Waals surface area (Å²) in [6, 6.07) is 3.79. The number of nitrogens with two attached hydrogens (primary N) is 1. The minimum Gasteiger partial charge on any atom is -0.398 e. The molecule has 0 radical (unpaired) electrons. The first-order valence-corrected chi connectivity index (χ1v) is 5.00. The highest BCUT2D eigenvalue weighted by Crippen LogP contribution is 2.22. The Morgan fingerprint density at radius 3 is 2.31 bits per heavy atom. The van der Waals surface area contributed by atoms with Crippen molar-refractivity contribution in [2.24, 2.45) is 0 Å². The van der Waals surface area contributed by atoms with Gasteiger partial charge >= 0.3 is 0 Å². The van der Waals surface area contributed by atoms with Crippen LogP contribution >= 0.6 is 15.9 Å². The maximum absolute atomic E-state index is 7.06. The van der Waals surface area contributed by atoms with Crippen molar-refractivity contribution in [1.29, 1.82) is 5.41 Å². The summed E-state index contributed by atoms with van der Waals surface area (Å²) in [4.78, 5) is 0. The summed E-state index contributed by atoms with van der Waals surface area (Å²) < 4.78 is 0.880. The monoisotopic (exact) mass is 242 g/mol. The molecule has 13 heavy (non-hydrogen) atoms. The van der Waals surface area contributed by atoms with Crippen molar-refractivity contribution in [3.05, 3.63) is 27.7 Å². The SMILES string of the molecule is CC.Cc1cc(N)c(C=N)c(Br)c1. The average molecular weight is 243 g/mol. The number of hydrogen-bond donors (Lipinski definition) is 2. The van der Waals surface area contributed by atoms with Gasteiger partial charge in [-0.1, -0.05) is 29.8 Å². The van der Waals surface area contributed by atoms with Crippen molar-refractivity contribution in [2.45, 2.75) is 20.8 Å². The summed E-state index contributed by atoms with van der Waals surface area (Å²) in [5.74, 6) is 0. The Balaban J connectivity index is 0.000000671. The molecule has 0 heterocycles. The van der Waals surface area contributed by atoms with Gasteiger partial charge in [0, 0.05) is 21.9 Å². The number of anilines is 1. The third kappa shape index (κ3) is 3.19. The van der Waals surface area contributed by atoms with E-state index in [-0.39, 0.29) is 0 Å². The fourth-order valence-electron chi connectivity index (χ4n) is 0.933. The molecule has 3 heteroatoms.